The average molecular weight is 533 g/mol. The van der Waals surface area contributed by atoms with Crippen molar-refractivity contribution in [2.75, 3.05) is 31.3 Å². The molecule has 2 amide bonds. The first-order chi connectivity index (χ1) is 17.2. The molecule has 192 valence electrons. The van der Waals surface area contributed by atoms with E-state index in [1.807, 2.05) is 0 Å². The van der Waals surface area contributed by atoms with Gasteiger partial charge < -0.3 is 19.4 Å². The highest BCUT2D eigenvalue weighted by atomic mass is 32.2. The number of fused-ring (bicyclic) bond motifs is 1. The smallest absolute Gasteiger partial charge is 0.409 e. The standard InChI is InChI=1S/C24H28N4O6S2/c1-36(31,32)27-17-8-10-28(11-9-17)24(30)34-15-16-4-6-19-20(14-25)23(35-21(19)13-16)26-22(29)7-5-18-3-2-12-33-18/h2-3,5,7,12,16-17,27H,4,6,8-11,13,15H2,1H3,(H,26,29)/b7-5+. The van der Waals surface area contributed by atoms with Crippen molar-refractivity contribution >= 4 is 44.4 Å². The van der Waals surface area contributed by atoms with E-state index in [1.54, 1.807) is 23.1 Å². The number of hydrogen-bond donors (Lipinski definition) is 2. The van der Waals surface area contributed by atoms with Gasteiger partial charge in [0.2, 0.25) is 15.9 Å². The number of anilines is 1. The number of sulfonamides is 1. The van der Waals surface area contributed by atoms with Crippen LogP contribution in [0.1, 0.15) is 41.0 Å². The Labute approximate surface area is 214 Å². The van der Waals surface area contributed by atoms with E-state index in [4.69, 9.17) is 9.15 Å². The lowest BCUT2D eigenvalue weighted by Gasteiger charge is -2.32. The van der Waals surface area contributed by atoms with Crippen LogP contribution in [0.4, 0.5) is 9.80 Å². The van der Waals surface area contributed by atoms with E-state index in [9.17, 15) is 23.3 Å². The molecule has 36 heavy (non-hydrogen) atoms. The van der Waals surface area contributed by atoms with Crippen LogP contribution < -0.4 is 10.0 Å². The van der Waals surface area contributed by atoms with Gasteiger partial charge in [-0.3, -0.25) is 4.79 Å². The van der Waals surface area contributed by atoms with Gasteiger partial charge in [-0.05, 0) is 61.8 Å². The number of thiophene rings is 1. The third kappa shape index (κ3) is 6.75. The fraction of sp³-hybridized carbons (Fsp3) is 0.458. The van der Waals surface area contributed by atoms with E-state index in [-0.39, 0.29) is 24.5 Å². The quantitative estimate of drug-likeness (QED) is 0.522. The molecule has 10 nitrogen and oxygen atoms in total. The molecule has 0 bridgehead atoms. The summed E-state index contributed by atoms with van der Waals surface area (Å²) in [4.78, 5) is 27.5. The first-order valence-corrected chi connectivity index (χ1v) is 14.4. The van der Waals surface area contributed by atoms with Gasteiger partial charge in [0.1, 0.15) is 16.8 Å². The van der Waals surface area contributed by atoms with E-state index in [0.717, 1.165) is 23.1 Å². The number of piperidine rings is 1. The summed E-state index contributed by atoms with van der Waals surface area (Å²) in [7, 11) is -3.27. The Hall–Kier alpha value is -3.14. The number of furan rings is 1. The van der Waals surface area contributed by atoms with Gasteiger partial charge in [-0.2, -0.15) is 5.26 Å². The van der Waals surface area contributed by atoms with Crippen LogP contribution in [0.3, 0.4) is 0 Å². The molecule has 12 heteroatoms. The number of nitriles is 1. The van der Waals surface area contributed by atoms with Crippen molar-refractivity contribution in [2.45, 2.75) is 38.1 Å². The number of hydrogen-bond acceptors (Lipinski definition) is 8. The fourth-order valence-electron chi connectivity index (χ4n) is 4.46. The maximum atomic E-state index is 12.5. The zero-order valence-electron chi connectivity index (χ0n) is 19.9. The minimum atomic E-state index is -3.27. The third-order valence-corrected chi connectivity index (χ3v) is 8.17. The number of carbonyl (C=O) groups excluding carboxylic acids is 2. The first-order valence-electron chi connectivity index (χ1n) is 11.7. The molecule has 1 fully saturated rings. The molecule has 4 rings (SSSR count). The number of ether oxygens (including phenoxy) is 1. The minimum Gasteiger partial charge on any atom is -0.465 e. The predicted octanol–water partition coefficient (Wildman–Crippen LogP) is 3.12. The van der Waals surface area contributed by atoms with Crippen molar-refractivity contribution in [3.8, 4) is 6.07 Å². The van der Waals surface area contributed by atoms with Crippen molar-refractivity contribution in [3.05, 3.63) is 46.2 Å². The van der Waals surface area contributed by atoms with Gasteiger partial charge >= 0.3 is 6.09 Å². The van der Waals surface area contributed by atoms with Crippen LogP contribution in [0.25, 0.3) is 6.08 Å². The molecular formula is C24H28N4O6S2. The number of nitrogens with one attached hydrogen (secondary N) is 2. The Kier molecular flexibility index (Phi) is 8.13. The van der Waals surface area contributed by atoms with Gasteiger partial charge in [-0.15, -0.1) is 11.3 Å². The lowest BCUT2D eigenvalue weighted by molar-refractivity contribution is -0.111. The summed E-state index contributed by atoms with van der Waals surface area (Å²) in [5.74, 6) is 0.337. The Balaban J connectivity index is 1.28. The fourth-order valence-corrected chi connectivity index (χ4v) is 6.62. The zero-order valence-corrected chi connectivity index (χ0v) is 21.5. The van der Waals surface area contributed by atoms with E-state index in [1.165, 1.54) is 23.7 Å². The molecule has 1 saturated heterocycles. The Morgan fingerprint density at radius 3 is 2.78 bits per heavy atom. The van der Waals surface area contributed by atoms with Gasteiger partial charge in [0, 0.05) is 30.1 Å². The molecule has 0 spiro atoms. The number of rotatable bonds is 7. The molecule has 2 aromatic rings. The molecule has 2 aliphatic rings. The zero-order chi connectivity index (χ0) is 25.7. The minimum absolute atomic E-state index is 0.124. The summed E-state index contributed by atoms with van der Waals surface area (Å²) in [5, 5.41) is 13.0. The van der Waals surface area contributed by atoms with Crippen LogP contribution in [0, 0.1) is 17.2 Å². The van der Waals surface area contributed by atoms with E-state index >= 15 is 0 Å². The summed E-state index contributed by atoms with van der Waals surface area (Å²) in [6, 6.07) is 5.53. The van der Waals surface area contributed by atoms with Gasteiger partial charge in [0.15, 0.2) is 0 Å². The van der Waals surface area contributed by atoms with Gasteiger partial charge in [0.05, 0.1) is 24.7 Å². The molecule has 1 unspecified atom stereocenters. The lowest BCUT2D eigenvalue weighted by atomic mass is 9.88. The average Bonchev–Trinajstić information content (AvgIpc) is 3.47. The summed E-state index contributed by atoms with van der Waals surface area (Å²) in [5.41, 5.74) is 1.45. The predicted molar refractivity (Wildman–Crippen MR) is 135 cm³/mol. The summed E-state index contributed by atoms with van der Waals surface area (Å²) in [6.07, 6.45) is 8.40. The summed E-state index contributed by atoms with van der Waals surface area (Å²) >= 11 is 1.39. The van der Waals surface area contributed by atoms with Gasteiger partial charge in [-0.1, -0.05) is 0 Å². The summed E-state index contributed by atoms with van der Waals surface area (Å²) < 4.78 is 36.1. The topological polar surface area (TPSA) is 142 Å². The van der Waals surface area contributed by atoms with Crippen molar-refractivity contribution in [1.82, 2.24) is 9.62 Å². The molecule has 0 aromatic carbocycles. The molecule has 1 aliphatic heterocycles. The summed E-state index contributed by atoms with van der Waals surface area (Å²) in [6.45, 7) is 1.15. The third-order valence-electron chi connectivity index (χ3n) is 6.23. The molecule has 2 N–H and O–H groups in total. The number of carbonyl (C=O) groups is 2. The van der Waals surface area contributed by atoms with Crippen LogP contribution in [0.2, 0.25) is 0 Å². The van der Waals surface area contributed by atoms with Gasteiger partial charge in [0.25, 0.3) is 0 Å². The molecule has 2 aromatic heterocycles. The lowest BCUT2D eigenvalue weighted by Crippen LogP contribution is -2.46. The maximum absolute atomic E-state index is 12.5. The largest absolute Gasteiger partial charge is 0.465 e. The number of likely N-dealkylation sites (tertiary alicyclic amines) is 1. The number of amides is 2. The van der Waals surface area contributed by atoms with E-state index < -0.39 is 16.1 Å². The highest BCUT2D eigenvalue weighted by Crippen LogP contribution is 2.39. The van der Waals surface area contributed by atoms with Crippen molar-refractivity contribution in [1.29, 1.82) is 5.26 Å². The first kappa shape index (κ1) is 25.9. The SMILES string of the molecule is CS(=O)(=O)NC1CCN(C(=O)OCC2CCc3c(sc(NC(=O)/C=C/c4ccco4)c3C#N)C2)CC1. The van der Waals surface area contributed by atoms with Crippen molar-refractivity contribution < 1.29 is 27.2 Å². The van der Waals surface area contributed by atoms with Crippen LogP contribution in [0.15, 0.2) is 28.9 Å². The van der Waals surface area contributed by atoms with Crippen LogP contribution >= 0.6 is 11.3 Å². The van der Waals surface area contributed by atoms with Gasteiger partial charge in [-0.25, -0.2) is 17.9 Å². The second kappa shape index (κ2) is 11.3. The molecule has 0 radical (unpaired) electrons. The molecule has 1 atom stereocenters. The Bertz CT molecular complexity index is 1270. The normalized spacial score (nSPS) is 18.6. The van der Waals surface area contributed by atoms with Crippen LogP contribution in [-0.2, 0) is 32.4 Å². The monoisotopic (exact) mass is 532 g/mol. The van der Waals surface area contributed by atoms with Crippen LogP contribution in [0.5, 0.6) is 0 Å². The molecular weight excluding hydrogens is 504 g/mol. The highest BCUT2D eigenvalue weighted by Gasteiger charge is 2.29. The van der Waals surface area contributed by atoms with E-state index in [0.29, 0.717) is 55.1 Å². The van der Waals surface area contributed by atoms with Crippen molar-refractivity contribution in [2.24, 2.45) is 5.92 Å². The molecule has 1 aliphatic carbocycles. The second-order valence-electron chi connectivity index (χ2n) is 8.99. The van der Waals surface area contributed by atoms with Crippen LogP contribution in [-0.4, -0.2) is 57.3 Å². The Morgan fingerprint density at radius 1 is 1.33 bits per heavy atom. The maximum Gasteiger partial charge on any atom is 0.409 e. The van der Waals surface area contributed by atoms with E-state index in [2.05, 4.69) is 16.1 Å². The second-order valence-corrected chi connectivity index (χ2v) is 11.9. The molecule has 0 saturated carbocycles. The Morgan fingerprint density at radius 2 is 2.11 bits per heavy atom. The number of nitrogens with zero attached hydrogens (tertiary/aromatic N) is 2. The van der Waals surface area contributed by atoms with Crippen molar-refractivity contribution in [3.63, 3.8) is 0 Å². The highest BCUT2D eigenvalue weighted by molar-refractivity contribution is 7.88. The molecule has 3 heterocycles.